The highest BCUT2D eigenvalue weighted by Gasteiger charge is 2.15. The molecule has 1 unspecified atom stereocenters. The fraction of sp³-hybridized carbons (Fsp3) is 0.333. The SMILES string of the molecule is COc1ccc(C(N)c2cc(C)nn(C)c2=O)cc1C. The Morgan fingerprint density at radius 2 is 2.00 bits per heavy atom. The average molecular weight is 273 g/mol. The van der Waals surface area contributed by atoms with Crippen molar-refractivity contribution in [1.82, 2.24) is 9.78 Å². The van der Waals surface area contributed by atoms with E-state index in [0.29, 0.717) is 5.56 Å². The topological polar surface area (TPSA) is 70.1 Å². The van der Waals surface area contributed by atoms with E-state index >= 15 is 0 Å². The van der Waals surface area contributed by atoms with Crippen LogP contribution in [0.2, 0.25) is 0 Å². The molecule has 20 heavy (non-hydrogen) atoms. The Labute approximate surface area is 118 Å². The van der Waals surface area contributed by atoms with E-state index in [1.165, 1.54) is 4.68 Å². The number of hydrogen-bond donors (Lipinski definition) is 1. The quantitative estimate of drug-likeness (QED) is 0.919. The number of nitrogens with zero attached hydrogens (tertiary/aromatic N) is 2. The molecule has 2 aromatic rings. The van der Waals surface area contributed by atoms with Gasteiger partial charge in [-0.1, -0.05) is 12.1 Å². The lowest BCUT2D eigenvalue weighted by Crippen LogP contribution is -2.29. The Morgan fingerprint density at radius 3 is 2.60 bits per heavy atom. The molecule has 0 amide bonds. The van der Waals surface area contributed by atoms with Gasteiger partial charge in [0.1, 0.15) is 5.75 Å². The molecule has 0 aliphatic carbocycles. The summed E-state index contributed by atoms with van der Waals surface area (Å²) in [5.74, 6) is 0.805. The van der Waals surface area contributed by atoms with Crippen LogP contribution in [0, 0.1) is 13.8 Å². The Bertz CT molecular complexity index is 692. The molecule has 0 radical (unpaired) electrons. The molecular formula is C15H19N3O2. The minimum Gasteiger partial charge on any atom is -0.496 e. The Kier molecular flexibility index (Phi) is 3.90. The van der Waals surface area contributed by atoms with Gasteiger partial charge in [-0.25, -0.2) is 4.68 Å². The highest BCUT2D eigenvalue weighted by Crippen LogP contribution is 2.24. The van der Waals surface area contributed by atoms with Gasteiger partial charge in [-0.2, -0.15) is 5.10 Å². The van der Waals surface area contributed by atoms with Crippen molar-refractivity contribution in [3.63, 3.8) is 0 Å². The lowest BCUT2D eigenvalue weighted by Gasteiger charge is -2.15. The van der Waals surface area contributed by atoms with Crippen molar-refractivity contribution >= 4 is 0 Å². The van der Waals surface area contributed by atoms with Gasteiger partial charge in [-0.15, -0.1) is 0 Å². The molecule has 5 nitrogen and oxygen atoms in total. The van der Waals surface area contributed by atoms with Crippen molar-refractivity contribution in [2.24, 2.45) is 12.8 Å². The van der Waals surface area contributed by atoms with E-state index in [9.17, 15) is 4.79 Å². The summed E-state index contributed by atoms with van der Waals surface area (Å²) >= 11 is 0. The van der Waals surface area contributed by atoms with Crippen LogP contribution < -0.4 is 16.0 Å². The standard InChI is InChI=1S/C15H19N3O2/c1-9-7-11(5-6-13(9)20-4)14(16)12-8-10(2)17-18(3)15(12)19/h5-8,14H,16H2,1-4H3. The lowest BCUT2D eigenvalue weighted by molar-refractivity contribution is 0.411. The third-order valence-corrected chi connectivity index (χ3v) is 3.33. The number of aromatic nitrogens is 2. The minimum absolute atomic E-state index is 0.170. The van der Waals surface area contributed by atoms with Gasteiger partial charge in [0.25, 0.3) is 5.56 Å². The maximum atomic E-state index is 12.1. The highest BCUT2D eigenvalue weighted by atomic mass is 16.5. The maximum Gasteiger partial charge on any atom is 0.271 e. The average Bonchev–Trinajstić information content (AvgIpc) is 2.42. The fourth-order valence-electron chi connectivity index (χ4n) is 2.28. The van der Waals surface area contributed by atoms with Crippen LogP contribution in [0.1, 0.15) is 28.4 Å². The molecule has 0 saturated heterocycles. The van der Waals surface area contributed by atoms with Crippen LogP contribution in [0.3, 0.4) is 0 Å². The minimum atomic E-state index is -0.472. The van der Waals surface area contributed by atoms with E-state index in [4.69, 9.17) is 10.5 Å². The number of methoxy groups -OCH3 is 1. The fourth-order valence-corrected chi connectivity index (χ4v) is 2.28. The zero-order valence-electron chi connectivity index (χ0n) is 12.2. The number of benzene rings is 1. The van der Waals surface area contributed by atoms with E-state index in [0.717, 1.165) is 22.6 Å². The van der Waals surface area contributed by atoms with Crippen molar-refractivity contribution in [1.29, 1.82) is 0 Å². The van der Waals surface area contributed by atoms with Crippen LogP contribution in [0.4, 0.5) is 0 Å². The van der Waals surface area contributed by atoms with Crippen molar-refractivity contribution in [3.8, 4) is 5.75 Å². The molecule has 1 heterocycles. The summed E-state index contributed by atoms with van der Waals surface area (Å²) in [4.78, 5) is 12.1. The molecule has 1 aromatic carbocycles. The molecule has 0 aliphatic heterocycles. The molecule has 2 N–H and O–H groups in total. The molecule has 0 saturated carbocycles. The van der Waals surface area contributed by atoms with Crippen LogP contribution >= 0.6 is 0 Å². The van der Waals surface area contributed by atoms with Gasteiger partial charge < -0.3 is 10.5 Å². The Morgan fingerprint density at radius 1 is 1.30 bits per heavy atom. The molecule has 1 aromatic heterocycles. The number of aryl methyl sites for hydroxylation is 3. The number of rotatable bonds is 3. The first-order chi connectivity index (χ1) is 9.43. The molecule has 0 aliphatic rings. The predicted octanol–water partition coefficient (Wildman–Crippen LogP) is 1.45. The van der Waals surface area contributed by atoms with Crippen LogP contribution in [-0.4, -0.2) is 16.9 Å². The lowest BCUT2D eigenvalue weighted by atomic mass is 9.98. The molecule has 0 fully saturated rings. The summed E-state index contributed by atoms with van der Waals surface area (Å²) in [6, 6.07) is 6.96. The summed E-state index contributed by atoms with van der Waals surface area (Å²) in [7, 11) is 3.26. The van der Waals surface area contributed by atoms with E-state index in [1.54, 1.807) is 20.2 Å². The molecule has 0 spiro atoms. The van der Waals surface area contributed by atoms with E-state index < -0.39 is 6.04 Å². The molecular weight excluding hydrogens is 254 g/mol. The van der Waals surface area contributed by atoms with Crippen molar-refractivity contribution in [2.45, 2.75) is 19.9 Å². The number of nitrogens with two attached hydrogens (primary N) is 1. The largest absolute Gasteiger partial charge is 0.496 e. The summed E-state index contributed by atoms with van der Waals surface area (Å²) in [6.45, 7) is 3.79. The zero-order valence-corrected chi connectivity index (χ0v) is 12.2. The van der Waals surface area contributed by atoms with Gasteiger partial charge in [0.2, 0.25) is 0 Å². The first-order valence-corrected chi connectivity index (χ1v) is 6.39. The molecule has 0 bridgehead atoms. The van der Waals surface area contributed by atoms with Crippen molar-refractivity contribution in [3.05, 3.63) is 57.0 Å². The van der Waals surface area contributed by atoms with Crippen LogP contribution in [-0.2, 0) is 7.05 Å². The zero-order chi connectivity index (χ0) is 14.9. The molecule has 1 atom stereocenters. The van der Waals surface area contributed by atoms with Gasteiger partial charge >= 0.3 is 0 Å². The van der Waals surface area contributed by atoms with Gasteiger partial charge in [0.15, 0.2) is 0 Å². The van der Waals surface area contributed by atoms with E-state index in [1.807, 2.05) is 32.0 Å². The maximum absolute atomic E-state index is 12.1. The monoisotopic (exact) mass is 273 g/mol. The predicted molar refractivity (Wildman–Crippen MR) is 78.0 cm³/mol. The summed E-state index contributed by atoms with van der Waals surface area (Å²) in [5, 5.41) is 4.08. The third-order valence-electron chi connectivity index (χ3n) is 3.33. The van der Waals surface area contributed by atoms with Gasteiger partial charge in [0.05, 0.1) is 18.8 Å². The Balaban J connectivity index is 2.49. The highest BCUT2D eigenvalue weighted by molar-refractivity contribution is 5.40. The van der Waals surface area contributed by atoms with Gasteiger partial charge in [-0.05, 0) is 37.1 Å². The van der Waals surface area contributed by atoms with Crippen LogP contribution in [0.15, 0.2) is 29.1 Å². The number of hydrogen-bond acceptors (Lipinski definition) is 4. The second kappa shape index (κ2) is 5.46. The molecule has 5 heteroatoms. The van der Waals surface area contributed by atoms with E-state index in [-0.39, 0.29) is 5.56 Å². The summed E-state index contributed by atoms with van der Waals surface area (Å²) in [6.07, 6.45) is 0. The van der Waals surface area contributed by atoms with Gasteiger partial charge in [0, 0.05) is 12.6 Å². The molecule has 106 valence electrons. The van der Waals surface area contributed by atoms with Crippen molar-refractivity contribution in [2.75, 3.05) is 7.11 Å². The van der Waals surface area contributed by atoms with Crippen LogP contribution in [0.25, 0.3) is 0 Å². The second-order valence-corrected chi connectivity index (χ2v) is 4.88. The summed E-state index contributed by atoms with van der Waals surface area (Å²) < 4.78 is 6.55. The smallest absolute Gasteiger partial charge is 0.271 e. The molecule has 2 rings (SSSR count). The number of ether oxygens (including phenoxy) is 1. The first kappa shape index (κ1) is 14.3. The Hall–Kier alpha value is -2.14. The van der Waals surface area contributed by atoms with Gasteiger partial charge in [-0.3, -0.25) is 4.79 Å². The first-order valence-electron chi connectivity index (χ1n) is 6.39. The second-order valence-electron chi connectivity index (χ2n) is 4.88. The van der Waals surface area contributed by atoms with E-state index in [2.05, 4.69) is 5.10 Å². The van der Waals surface area contributed by atoms with Crippen molar-refractivity contribution < 1.29 is 4.74 Å². The normalized spacial score (nSPS) is 12.2. The summed E-state index contributed by atoms with van der Waals surface area (Å²) in [5.41, 5.74) is 9.25. The third kappa shape index (κ3) is 2.58. The van der Waals surface area contributed by atoms with Crippen LogP contribution in [0.5, 0.6) is 5.75 Å².